The molecule has 0 saturated carbocycles. The van der Waals surface area contributed by atoms with Gasteiger partial charge in [-0.2, -0.15) is 0 Å². The number of hydrogen-bond acceptors (Lipinski definition) is 5. The van der Waals surface area contributed by atoms with Gasteiger partial charge in [0.25, 0.3) is 0 Å². The Morgan fingerprint density at radius 1 is 1.14 bits per heavy atom. The van der Waals surface area contributed by atoms with Crippen LogP contribution in [0.5, 0.6) is 5.75 Å². The van der Waals surface area contributed by atoms with E-state index < -0.39 is 0 Å². The summed E-state index contributed by atoms with van der Waals surface area (Å²) in [6.45, 7) is 0. The molecule has 0 aliphatic heterocycles. The smallest absolute Gasteiger partial charge is 0.229 e. The molecule has 0 atom stereocenters. The molecule has 0 aliphatic carbocycles. The molecule has 0 saturated heterocycles. The fourth-order valence-electron chi connectivity index (χ4n) is 2.98. The lowest BCUT2D eigenvalue weighted by Crippen LogP contribution is -2.15. The quantitative estimate of drug-likeness (QED) is 0.524. The van der Waals surface area contributed by atoms with Crippen molar-refractivity contribution in [3.8, 4) is 17.0 Å². The fourth-order valence-corrected chi connectivity index (χ4v) is 2.98. The molecule has 4 aromatic rings. The first-order valence-electron chi connectivity index (χ1n) is 8.74. The molecule has 2 aromatic heterocycles. The van der Waals surface area contributed by atoms with Crippen LogP contribution in [-0.4, -0.2) is 27.4 Å². The fraction of sp³-hybridized carbons (Fsp3) is 0.0952. The van der Waals surface area contributed by atoms with E-state index >= 15 is 0 Å². The third-order valence-electron chi connectivity index (χ3n) is 4.34. The number of nitrogens with zero attached hydrogens (tertiary/aromatic N) is 3. The average molecular weight is 373 g/mol. The van der Waals surface area contributed by atoms with Crippen LogP contribution >= 0.6 is 0 Å². The molecule has 7 nitrogen and oxygen atoms in total. The predicted molar refractivity (Wildman–Crippen MR) is 108 cm³/mol. The Bertz CT molecular complexity index is 1150. The molecule has 4 rings (SSSR count). The standard InChI is InChI=1S/C21H19N5O2/c1-28-17-7-2-4-14(8-17)9-21(27)25-20-12-24-19-11-23-18(13-26(19)20)15-5-3-6-16(22)10-15/h2-8,10-13H,9,22H2,1H3,(H,25,27). The number of nitrogens with one attached hydrogen (secondary N) is 1. The molecule has 0 bridgehead atoms. The number of rotatable bonds is 5. The molecule has 0 aliphatic rings. The van der Waals surface area contributed by atoms with E-state index in [1.165, 1.54) is 0 Å². The van der Waals surface area contributed by atoms with E-state index in [0.717, 1.165) is 22.6 Å². The van der Waals surface area contributed by atoms with Gasteiger partial charge < -0.3 is 15.8 Å². The summed E-state index contributed by atoms with van der Waals surface area (Å²) in [5.41, 5.74) is 9.67. The third kappa shape index (κ3) is 3.64. The van der Waals surface area contributed by atoms with E-state index in [-0.39, 0.29) is 12.3 Å². The zero-order valence-electron chi connectivity index (χ0n) is 15.3. The highest BCUT2D eigenvalue weighted by molar-refractivity contribution is 5.92. The van der Waals surface area contributed by atoms with Crippen LogP contribution in [0.1, 0.15) is 5.56 Å². The van der Waals surface area contributed by atoms with Crippen molar-refractivity contribution < 1.29 is 9.53 Å². The van der Waals surface area contributed by atoms with Crippen LogP contribution in [0.25, 0.3) is 16.9 Å². The molecule has 140 valence electrons. The number of hydrogen-bond donors (Lipinski definition) is 2. The first-order chi connectivity index (χ1) is 13.6. The zero-order chi connectivity index (χ0) is 19.5. The third-order valence-corrected chi connectivity index (χ3v) is 4.34. The highest BCUT2D eigenvalue weighted by Crippen LogP contribution is 2.22. The Balaban J connectivity index is 1.58. The van der Waals surface area contributed by atoms with E-state index in [1.54, 1.807) is 23.9 Å². The maximum atomic E-state index is 12.5. The lowest BCUT2D eigenvalue weighted by Gasteiger charge is -2.08. The lowest BCUT2D eigenvalue weighted by atomic mass is 10.1. The molecule has 2 heterocycles. The summed E-state index contributed by atoms with van der Waals surface area (Å²) in [6.07, 6.45) is 5.34. The van der Waals surface area contributed by atoms with Crippen LogP contribution in [-0.2, 0) is 11.2 Å². The van der Waals surface area contributed by atoms with Gasteiger partial charge in [0.2, 0.25) is 5.91 Å². The summed E-state index contributed by atoms with van der Waals surface area (Å²) in [5, 5.41) is 2.91. The number of imidazole rings is 1. The van der Waals surface area contributed by atoms with Gasteiger partial charge in [-0.05, 0) is 29.8 Å². The maximum absolute atomic E-state index is 12.5. The molecule has 2 aromatic carbocycles. The molecule has 7 heteroatoms. The van der Waals surface area contributed by atoms with E-state index in [4.69, 9.17) is 10.5 Å². The summed E-state index contributed by atoms with van der Waals surface area (Å²) in [4.78, 5) is 21.2. The van der Waals surface area contributed by atoms with Gasteiger partial charge in [0.15, 0.2) is 5.65 Å². The summed E-state index contributed by atoms with van der Waals surface area (Å²) in [7, 11) is 1.60. The Morgan fingerprint density at radius 2 is 2.00 bits per heavy atom. The van der Waals surface area contributed by atoms with Crippen molar-refractivity contribution in [3.05, 3.63) is 72.7 Å². The number of amides is 1. The Labute approximate surface area is 161 Å². The molecule has 0 fully saturated rings. The van der Waals surface area contributed by atoms with Crippen LogP contribution in [0.15, 0.2) is 67.1 Å². The Hall–Kier alpha value is -3.87. The molecular weight excluding hydrogens is 354 g/mol. The largest absolute Gasteiger partial charge is 0.497 e. The number of fused-ring (bicyclic) bond motifs is 1. The highest BCUT2D eigenvalue weighted by atomic mass is 16.5. The Kier molecular flexibility index (Phi) is 4.63. The highest BCUT2D eigenvalue weighted by Gasteiger charge is 2.11. The van der Waals surface area contributed by atoms with Gasteiger partial charge >= 0.3 is 0 Å². The van der Waals surface area contributed by atoms with Gasteiger partial charge in [-0.3, -0.25) is 14.2 Å². The number of carbonyl (C=O) groups is 1. The van der Waals surface area contributed by atoms with Crippen molar-refractivity contribution >= 4 is 23.1 Å². The number of nitrogen functional groups attached to an aromatic ring is 1. The number of anilines is 2. The minimum atomic E-state index is -0.141. The average Bonchev–Trinajstić information content (AvgIpc) is 3.10. The minimum Gasteiger partial charge on any atom is -0.497 e. The molecule has 3 N–H and O–H groups in total. The second-order valence-electron chi connectivity index (χ2n) is 6.35. The molecular formula is C21H19N5O2. The monoisotopic (exact) mass is 373 g/mol. The molecule has 1 amide bonds. The van der Waals surface area contributed by atoms with Gasteiger partial charge in [-0.25, -0.2) is 4.98 Å². The topological polar surface area (TPSA) is 94.5 Å². The summed E-state index contributed by atoms with van der Waals surface area (Å²) >= 11 is 0. The molecule has 28 heavy (non-hydrogen) atoms. The minimum absolute atomic E-state index is 0.141. The summed E-state index contributed by atoms with van der Waals surface area (Å²) in [6, 6.07) is 14.9. The van der Waals surface area contributed by atoms with Crippen molar-refractivity contribution in [2.75, 3.05) is 18.2 Å². The van der Waals surface area contributed by atoms with Gasteiger partial charge in [0.1, 0.15) is 11.6 Å². The van der Waals surface area contributed by atoms with Gasteiger partial charge in [-0.1, -0.05) is 24.3 Å². The van der Waals surface area contributed by atoms with Crippen LogP contribution in [0.4, 0.5) is 11.5 Å². The van der Waals surface area contributed by atoms with Crippen LogP contribution in [0, 0.1) is 0 Å². The number of ether oxygens (including phenoxy) is 1. The normalized spacial score (nSPS) is 10.8. The number of nitrogens with two attached hydrogens (primary N) is 1. The van der Waals surface area contributed by atoms with Crippen molar-refractivity contribution in [1.29, 1.82) is 0 Å². The van der Waals surface area contributed by atoms with Gasteiger partial charge in [-0.15, -0.1) is 0 Å². The number of benzene rings is 2. The van der Waals surface area contributed by atoms with Crippen LogP contribution < -0.4 is 15.8 Å². The first kappa shape index (κ1) is 17.5. The van der Waals surface area contributed by atoms with Crippen molar-refractivity contribution in [2.24, 2.45) is 0 Å². The Morgan fingerprint density at radius 3 is 2.82 bits per heavy atom. The second kappa shape index (κ2) is 7.40. The van der Waals surface area contributed by atoms with E-state index in [2.05, 4.69) is 15.3 Å². The van der Waals surface area contributed by atoms with Gasteiger partial charge in [0, 0.05) is 17.4 Å². The maximum Gasteiger partial charge on any atom is 0.229 e. The van der Waals surface area contributed by atoms with Crippen LogP contribution in [0.3, 0.4) is 0 Å². The van der Waals surface area contributed by atoms with E-state index in [1.807, 2.05) is 54.7 Å². The predicted octanol–water partition coefficient (Wildman–Crippen LogP) is 3.17. The van der Waals surface area contributed by atoms with E-state index in [9.17, 15) is 4.79 Å². The number of methoxy groups -OCH3 is 1. The molecule has 0 radical (unpaired) electrons. The zero-order valence-corrected chi connectivity index (χ0v) is 15.3. The lowest BCUT2D eigenvalue weighted by molar-refractivity contribution is -0.115. The van der Waals surface area contributed by atoms with Crippen LogP contribution in [0.2, 0.25) is 0 Å². The molecule has 0 unspecified atom stereocenters. The summed E-state index contributed by atoms with van der Waals surface area (Å²) in [5.74, 6) is 1.16. The SMILES string of the molecule is COc1cccc(CC(=O)Nc2cnc3cnc(-c4cccc(N)c4)cn23)c1. The number of carbonyl (C=O) groups excluding carboxylic acids is 1. The molecule has 0 spiro atoms. The first-order valence-corrected chi connectivity index (χ1v) is 8.74. The second-order valence-corrected chi connectivity index (χ2v) is 6.35. The van der Waals surface area contributed by atoms with E-state index in [0.29, 0.717) is 17.2 Å². The van der Waals surface area contributed by atoms with Crippen molar-refractivity contribution in [3.63, 3.8) is 0 Å². The van der Waals surface area contributed by atoms with Gasteiger partial charge in [0.05, 0.1) is 31.6 Å². The summed E-state index contributed by atoms with van der Waals surface area (Å²) < 4.78 is 7.00. The van der Waals surface area contributed by atoms with Crippen molar-refractivity contribution in [2.45, 2.75) is 6.42 Å². The number of aromatic nitrogens is 3. The van der Waals surface area contributed by atoms with Crippen molar-refractivity contribution in [1.82, 2.24) is 14.4 Å².